The third-order valence-corrected chi connectivity index (χ3v) is 4.92. The number of carbonyl (C=O) groups is 1. The van der Waals surface area contributed by atoms with Crippen molar-refractivity contribution in [3.05, 3.63) is 81.9 Å². The normalized spacial score (nSPS) is 16.1. The Morgan fingerprint density at radius 1 is 1.03 bits per heavy atom. The quantitative estimate of drug-likeness (QED) is 0.570. The second-order valence-corrected chi connectivity index (χ2v) is 7.28. The van der Waals surface area contributed by atoms with Gasteiger partial charge in [0.25, 0.3) is 5.91 Å². The molecule has 4 nitrogen and oxygen atoms in total. The van der Waals surface area contributed by atoms with Gasteiger partial charge in [-0.1, -0.05) is 47.5 Å². The van der Waals surface area contributed by atoms with E-state index in [4.69, 9.17) is 28.6 Å². The van der Waals surface area contributed by atoms with Crippen molar-refractivity contribution in [1.82, 2.24) is 4.90 Å². The second-order valence-electron chi connectivity index (χ2n) is 6.44. The van der Waals surface area contributed by atoms with Crippen LogP contribution in [0.25, 0.3) is 5.70 Å². The predicted molar refractivity (Wildman–Crippen MR) is 113 cm³/mol. The van der Waals surface area contributed by atoms with Gasteiger partial charge in [-0.2, -0.15) is 13.2 Å². The van der Waals surface area contributed by atoms with E-state index in [9.17, 15) is 18.0 Å². The third kappa shape index (κ3) is 5.23. The molecule has 0 fully saturated rings. The summed E-state index contributed by atoms with van der Waals surface area (Å²) in [5.41, 5.74) is 1.81. The number of alkyl halides is 3. The van der Waals surface area contributed by atoms with Crippen molar-refractivity contribution < 1.29 is 18.0 Å². The molecule has 0 saturated heterocycles. The summed E-state index contributed by atoms with van der Waals surface area (Å²) in [6, 6.07) is 13.6. The number of amidine groups is 1. The Bertz CT molecular complexity index is 1030. The van der Waals surface area contributed by atoms with Crippen LogP contribution in [0.2, 0.25) is 10.0 Å². The smallest absolute Gasteiger partial charge is 0.353 e. The minimum absolute atomic E-state index is 0.249. The molecule has 2 N–H and O–H groups in total. The third-order valence-electron chi connectivity index (χ3n) is 4.34. The molecule has 30 heavy (non-hydrogen) atoms. The molecule has 0 aliphatic carbocycles. The molecule has 0 spiro atoms. The van der Waals surface area contributed by atoms with E-state index >= 15 is 0 Å². The van der Waals surface area contributed by atoms with Crippen molar-refractivity contribution >= 4 is 46.3 Å². The summed E-state index contributed by atoms with van der Waals surface area (Å²) in [5, 5.41) is 12.5. The minimum Gasteiger partial charge on any atom is -0.353 e. The molecule has 0 aromatic heterocycles. The zero-order chi connectivity index (χ0) is 21.9. The molecule has 156 valence electrons. The van der Waals surface area contributed by atoms with E-state index in [0.29, 0.717) is 27.0 Å². The standard InChI is InChI=1S/C21H16Cl2F3N3O/c22-14-7-5-13(6-8-14)19(28-17-4-2-1-3-16(17)23)15-9-10-18(30)29(20(15)27)12-11-21(24,25)26/h1-10,27-28H,11-12H2/b19-15-,27-20?. The van der Waals surface area contributed by atoms with E-state index in [1.165, 1.54) is 6.08 Å². The lowest BCUT2D eigenvalue weighted by Gasteiger charge is -2.28. The highest BCUT2D eigenvalue weighted by Crippen LogP contribution is 2.31. The number of carbonyl (C=O) groups excluding carboxylic acids is 1. The number of nitrogens with zero attached hydrogens (tertiary/aromatic N) is 1. The highest BCUT2D eigenvalue weighted by molar-refractivity contribution is 6.33. The Labute approximate surface area is 181 Å². The van der Waals surface area contributed by atoms with E-state index in [2.05, 4.69) is 5.32 Å². The molecule has 9 heteroatoms. The number of rotatable bonds is 5. The predicted octanol–water partition coefficient (Wildman–Crippen LogP) is 6.14. The number of benzene rings is 2. The lowest BCUT2D eigenvalue weighted by Crippen LogP contribution is -2.41. The van der Waals surface area contributed by atoms with Crippen LogP contribution < -0.4 is 5.32 Å². The fourth-order valence-corrected chi connectivity index (χ4v) is 3.16. The van der Waals surface area contributed by atoms with E-state index in [-0.39, 0.29) is 11.4 Å². The van der Waals surface area contributed by atoms with E-state index in [1.807, 2.05) is 0 Å². The number of hydrogen-bond donors (Lipinski definition) is 2. The summed E-state index contributed by atoms with van der Waals surface area (Å²) in [4.78, 5) is 12.9. The van der Waals surface area contributed by atoms with Crippen molar-refractivity contribution in [2.75, 3.05) is 11.9 Å². The highest BCUT2D eigenvalue weighted by atomic mass is 35.5. The van der Waals surface area contributed by atoms with Gasteiger partial charge >= 0.3 is 6.18 Å². The van der Waals surface area contributed by atoms with Gasteiger partial charge in [-0.15, -0.1) is 0 Å². The maximum Gasteiger partial charge on any atom is 0.390 e. The van der Waals surface area contributed by atoms with Gasteiger partial charge in [0.05, 0.1) is 22.8 Å². The monoisotopic (exact) mass is 453 g/mol. The molecule has 2 aromatic carbocycles. The number of hydrogen-bond acceptors (Lipinski definition) is 3. The summed E-state index contributed by atoms with van der Waals surface area (Å²) in [5.74, 6) is -1.02. The summed E-state index contributed by atoms with van der Waals surface area (Å²) in [6.07, 6.45) is -3.10. The number of amides is 1. The summed E-state index contributed by atoms with van der Waals surface area (Å²) < 4.78 is 38.0. The molecule has 3 rings (SSSR count). The van der Waals surface area contributed by atoms with Gasteiger partial charge in [0, 0.05) is 23.2 Å². The molecule has 0 unspecified atom stereocenters. The van der Waals surface area contributed by atoms with Crippen LogP contribution in [0.4, 0.5) is 18.9 Å². The van der Waals surface area contributed by atoms with E-state index in [0.717, 1.165) is 11.0 Å². The average molecular weight is 454 g/mol. The number of nitrogens with one attached hydrogen (secondary N) is 2. The van der Waals surface area contributed by atoms with Gasteiger partial charge in [0.15, 0.2) is 0 Å². The first-order valence-electron chi connectivity index (χ1n) is 8.83. The van der Waals surface area contributed by atoms with Gasteiger partial charge in [-0.25, -0.2) is 0 Å². The molecule has 1 amide bonds. The van der Waals surface area contributed by atoms with Gasteiger partial charge in [-0.3, -0.25) is 15.1 Å². The highest BCUT2D eigenvalue weighted by Gasteiger charge is 2.32. The fourth-order valence-electron chi connectivity index (χ4n) is 2.85. The summed E-state index contributed by atoms with van der Waals surface area (Å²) in [7, 11) is 0. The SMILES string of the molecule is N=C1/C(=C(\Nc2ccccc2Cl)c2ccc(Cl)cc2)C=CC(=O)N1CCC(F)(F)F. The molecule has 0 atom stereocenters. The zero-order valence-electron chi connectivity index (χ0n) is 15.4. The van der Waals surface area contributed by atoms with Crippen molar-refractivity contribution in [3.63, 3.8) is 0 Å². The maximum atomic E-state index is 12.7. The van der Waals surface area contributed by atoms with Crippen LogP contribution >= 0.6 is 23.2 Å². The van der Waals surface area contributed by atoms with Crippen molar-refractivity contribution in [2.24, 2.45) is 0 Å². The first kappa shape index (κ1) is 21.9. The Morgan fingerprint density at radius 3 is 2.33 bits per heavy atom. The summed E-state index contributed by atoms with van der Waals surface area (Å²) in [6.45, 7) is -0.644. The van der Waals surface area contributed by atoms with Crippen LogP contribution in [0.15, 0.2) is 66.3 Å². The van der Waals surface area contributed by atoms with Crippen molar-refractivity contribution in [3.8, 4) is 0 Å². The Morgan fingerprint density at radius 2 is 1.70 bits per heavy atom. The zero-order valence-corrected chi connectivity index (χ0v) is 16.9. The Kier molecular flexibility index (Phi) is 6.53. The van der Waals surface area contributed by atoms with Gasteiger partial charge in [0.1, 0.15) is 5.84 Å². The molecule has 0 saturated carbocycles. The van der Waals surface area contributed by atoms with Crippen LogP contribution in [0.3, 0.4) is 0 Å². The van der Waals surface area contributed by atoms with Crippen LogP contribution in [-0.2, 0) is 4.79 Å². The van der Waals surface area contributed by atoms with Crippen LogP contribution in [0.5, 0.6) is 0 Å². The molecule has 1 heterocycles. The topological polar surface area (TPSA) is 56.2 Å². The van der Waals surface area contributed by atoms with Gasteiger partial charge < -0.3 is 5.32 Å². The van der Waals surface area contributed by atoms with Crippen molar-refractivity contribution in [2.45, 2.75) is 12.6 Å². The van der Waals surface area contributed by atoms with E-state index in [1.54, 1.807) is 48.5 Å². The van der Waals surface area contributed by atoms with Crippen LogP contribution in [-0.4, -0.2) is 29.4 Å². The molecule has 2 aromatic rings. The lowest BCUT2D eigenvalue weighted by molar-refractivity contribution is -0.139. The van der Waals surface area contributed by atoms with Gasteiger partial charge in [-0.05, 0) is 35.9 Å². The Hall–Kier alpha value is -2.77. The molecule has 1 aliphatic heterocycles. The molecular weight excluding hydrogens is 438 g/mol. The molecule has 0 bridgehead atoms. The van der Waals surface area contributed by atoms with Crippen LogP contribution in [0.1, 0.15) is 12.0 Å². The first-order chi connectivity index (χ1) is 14.2. The second kappa shape index (κ2) is 8.93. The van der Waals surface area contributed by atoms with Crippen molar-refractivity contribution in [1.29, 1.82) is 5.41 Å². The first-order valence-corrected chi connectivity index (χ1v) is 9.58. The molecule has 1 aliphatic rings. The van der Waals surface area contributed by atoms with Gasteiger partial charge in [0.2, 0.25) is 0 Å². The minimum atomic E-state index is -4.44. The number of anilines is 1. The molecule has 0 radical (unpaired) electrons. The molecular formula is C21H16Cl2F3N3O. The number of para-hydroxylation sites is 1. The lowest BCUT2D eigenvalue weighted by atomic mass is 10.0. The summed E-state index contributed by atoms with van der Waals surface area (Å²) >= 11 is 12.2. The average Bonchev–Trinajstić information content (AvgIpc) is 2.68. The Balaban J connectivity index is 2.07. The maximum absolute atomic E-state index is 12.7. The largest absolute Gasteiger partial charge is 0.390 e. The number of halogens is 5. The fraction of sp³-hybridized carbons (Fsp3) is 0.143. The van der Waals surface area contributed by atoms with E-state index < -0.39 is 25.0 Å². The van der Waals surface area contributed by atoms with Crippen LogP contribution in [0, 0.1) is 5.41 Å².